The Morgan fingerprint density at radius 3 is 1.70 bits per heavy atom. The zero-order chi connectivity index (χ0) is 8.04. The molecule has 60 valence electrons. The first-order valence-corrected chi connectivity index (χ1v) is 7.02. The molecule has 0 rings (SSSR count). The highest BCUT2D eigenvalue weighted by Gasteiger charge is 2.26. The molecule has 0 aromatic heterocycles. The number of rotatable bonds is 4. The lowest BCUT2D eigenvalue weighted by atomic mass is 10.9. The molecule has 0 heterocycles. The van der Waals surface area contributed by atoms with Crippen LogP contribution in [0.15, 0.2) is 4.03 Å². The van der Waals surface area contributed by atoms with E-state index in [4.69, 9.17) is 0 Å². The lowest BCUT2D eigenvalue weighted by Crippen LogP contribution is -2.28. The Morgan fingerprint density at radius 1 is 1.20 bits per heavy atom. The van der Waals surface area contributed by atoms with E-state index in [0.29, 0.717) is 11.5 Å². The molecule has 0 unspecified atom stereocenters. The number of hydrogen-bond donors (Lipinski definition) is 0. The van der Waals surface area contributed by atoms with Crippen LogP contribution in [-0.4, -0.2) is 12.4 Å². The van der Waals surface area contributed by atoms with Crippen molar-refractivity contribution in [2.24, 2.45) is 4.03 Å². The van der Waals surface area contributed by atoms with E-state index in [1.165, 1.54) is 0 Å². The summed E-state index contributed by atoms with van der Waals surface area (Å²) in [6.45, 7) is 6.41. The first kappa shape index (κ1) is 10.0. The van der Waals surface area contributed by atoms with Crippen molar-refractivity contribution in [2.45, 2.75) is 38.9 Å². The lowest BCUT2D eigenvalue weighted by molar-refractivity contribution is 0.698. The molecule has 0 aromatic carbocycles. The summed E-state index contributed by atoms with van der Waals surface area (Å²) < 4.78 is 14.3. The monoisotopic (exact) mass is 177 g/mol. The van der Waals surface area contributed by atoms with Crippen LogP contribution < -0.4 is 0 Å². The van der Waals surface area contributed by atoms with Gasteiger partial charge in [0, 0.05) is 0 Å². The van der Waals surface area contributed by atoms with Crippen LogP contribution in [0.2, 0.25) is 18.1 Å². The van der Waals surface area contributed by atoms with E-state index >= 15 is 0 Å². The molecule has 0 aliphatic rings. The van der Waals surface area contributed by atoms with Gasteiger partial charge in [0.05, 0.1) is 0 Å². The van der Waals surface area contributed by atoms with Gasteiger partial charge in [0.25, 0.3) is 0 Å². The van der Waals surface area contributed by atoms with Gasteiger partial charge < -0.3 is 0 Å². The third-order valence-electron chi connectivity index (χ3n) is 2.21. The minimum atomic E-state index is -1.44. The Kier molecular flexibility index (Phi) is 4.81. The van der Waals surface area contributed by atoms with E-state index in [1.54, 1.807) is 0 Å². The zero-order valence-corrected chi connectivity index (χ0v) is 8.70. The minimum absolute atomic E-state index is 0.419. The van der Waals surface area contributed by atoms with E-state index in [2.05, 4.69) is 24.8 Å². The molecular weight excluding hydrogens is 162 g/mol. The van der Waals surface area contributed by atoms with Crippen LogP contribution in [0.25, 0.3) is 0 Å². The highest BCUT2D eigenvalue weighted by molar-refractivity contribution is 7.56. The van der Waals surface area contributed by atoms with Crippen LogP contribution >= 0.6 is 0 Å². The molecule has 10 heavy (non-hydrogen) atoms. The predicted molar refractivity (Wildman–Crippen MR) is 47.8 cm³/mol. The van der Waals surface area contributed by atoms with Crippen LogP contribution in [0.5, 0.6) is 0 Å². The fraction of sp³-hybridized carbons (Fsp3) is 1.00. The van der Waals surface area contributed by atoms with Gasteiger partial charge in [-0.2, -0.15) is 4.21 Å². The second-order valence-electron chi connectivity index (χ2n) is 2.45. The first-order valence-electron chi connectivity index (χ1n) is 3.75. The molecule has 0 bridgehead atoms. The van der Waals surface area contributed by atoms with Crippen molar-refractivity contribution < 1.29 is 4.21 Å². The van der Waals surface area contributed by atoms with Gasteiger partial charge in [0.1, 0.15) is 0 Å². The summed E-state index contributed by atoms with van der Waals surface area (Å²) in [6.07, 6.45) is 0. The third-order valence-corrected chi connectivity index (χ3v) is 8.00. The van der Waals surface area contributed by atoms with Crippen molar-refractivity contribution in [3.63, 3.8) is 0 Å². The second-order valence-corrected chi connectivity index (χ2v) is 7.90. The first-order chi connectivity index (χ1) is 4.74. The molecule has 0 N–H and O–H groups in total. The smallest absolute Gasteiger partial charge is 0.200 e. The summed E-state index contributed by atoms with van der Waals surface area (Å²) in [4.78, 5) is 0. The van der Waals surface area contributed by atoms with E-state index in [9.17, 15) is 4.21 Å². The van der Waals surface area contributed by atoms with Crippen LogP contribution in [0.4, 0.5) is 0 Å². The van der Waals surface area contributed by atoms with Gasteiger partial charge in [-0.15, -0.1) is 0 Å². The molecule has 0 fully saturated rings. The molecule has 0 aromatic rings. The summed E-state index contributed by atoms with van der Waals surface area (Å²) in [7, 11) is -1.44. The number of hydrogen-bond acceptors (Lipinski definition) is 2. The fourth-order valence-electron chi connectivity index (χ4n) is 1.02. The Balaban J connectivity index is 4.29. The summed E-state index contributed by atoms with van der Waals surface area (Å²) >= 11 is 0.419. The quantitative estimate of drug-likeness (QED) is 0.606. The Labute approximate surface area is 67.4 Å². The Bertz CT molecular complexity index is 132. The maximum Gasteiger partial charge on any atom is 0.200 e. The maximum atomic E-state index is 10.2. The molecule has 0 spiro atoms. The van der Waals surface area contributed by atoms with Crippen LogP contribution in [-0.2, 0) is 11.5 Å². The minimum Gasteiger partial charge on any atom is -0.237 e. The molecular formula is C6H15NOSSi. The van der Waals surface area contributed by atoms with Gasteiger partial charge in [-0.1, -0.05) is 20.8 Å². The second kappa shape index (κ2) is 4.79. The van der Waals surface area contributed by atoms with Gasteiger partial charge in [-0.3, -0.25) is 0 Å². The highest BCUT2D eigenvalue weighted by atomic mass is 32.1. The summed E-state index contributed by atoms with van der Waals surface area (Å²) in [5, 5.41) is 0. The molecule has 0 aliphatic carbocycles. The molecule has 0 aliphatic heterocycles. The third kappa shape index (κ3) is 2.34. The molecule has 2 nitrogen and oxygen atoms in total. The molecule has 0 amide bonds. The molecule has 4 heteroatoms. The van der Waals surface area contributed by atoms with E-state index in [0.717, 1.165) is 18.1 Å². The highest BCUT2D eigenvalue weighted by Crippen LogP contribution is 2.20. The number of nitrogens with zero attached hydrogens (tertiary/aromatic N) is 1. The molecule has 0 atom stereocenters. The largest absolute Gasteiger partial charge is 0.237 e. The van der Waals surface area contributed by atoms with Crippen molar-refractivity contribution in [1.82, 2.24) is 0 Å². The van der Waals surface area contributed by atoms with Gasteiger partial charge in [0.15, 0.2) is 11.5 Å². The zero-order valence-electron chi connectivity index (χ0n) is 6.89. The van der Waals surface area contributed by atoms with Gasteiger partial charge in [-0.25, -0.2) is 4.03 Å². The fourth-order valence-corrected chi connectivity index (χ4v) is 4.70. The molecule has 0 saturated carbocycles. The lowest BCUT2D eigenvalue weighted by Gasteiger charge is -2.18. The molecule has 0 radical (unpaired) electrons. The van der Waals surface area contributed by atoms with Crippen LogP contribution in [0.3, 0.4) is 0 Å². The van der Waals surface area contributed by atoms with Crippen LogP contribution in [0, 0.1) is 0 Å². The average Bonchev–Trinajstić information content (AvgIpc) is 2.01. The standard InChI is InChI=1S/C6H15NOSSi/c1-4-10(5-2,6-3)7-9-8/h4-6H2,1-3H3. The van der Waals surface area contributed by atoms with Crippen molar-refractivity contribution in [3.8, 4) is 0 Å². The van der Waals surface area contributed by atoms with E-state index in [-0.39, 0.29) is 0 Å². The summed E-state index contributed by atoms with van der Waals surface area (Å²) in [5.41, 5.74) is 0. The Morgan fingerprint density at radius 2 is 1.60 bits per heavy atom. The van der Waals surface area contributed by atoms with Gasteiger partial charge in [0.2, 0.25) is 8.24 Å². The maximum absolute atomic E-state index is 10.2. The molecule has 0 saturated heterocycles. The Hall–Kier alpha value is 0.0369. The van der Waals surface area contributed by atoms with Crippen LogP contribution in [0.1, 0.15) is 20.8 Å². The van der Waals surface area contributed by atoms with Crippen molar-refractivity contribution in [2.75, 3.05) is 0 Å². The van der Waals surface area contributed by atoms with Crippen molar-refractivity contribution in [1.29, 1.82) is 0 Å². The topological polar surface area (TPSA) is 29.4 Å². The van der Waals surface area contributed by atoms with Gasteiger partial charge in [-0.05, 0) is 18.1 Å². The average molecular weight is 177 g/mol. The van der Waals surface area contributed by atoms with Gasteiger partial charge >= 0.3 is 0 Å². The van der Waals surface area contributed by atoms with Crippen molar-refractivity contribution in [3.05, 3.63) is 0 Å². The normalized spacial score (nSPS) is 11.1. The SMILES string of the molecule is CC[Si](CC)(CC)N=S=O. The van der Waals surface area contributed by atoms with Crippen molar-refractivity contribution >= 4 is 19.7 Å². The summed E-state index contributed by atoms with van der Waals surface area (Å²) in [6, 6.07) is 3.32. The van der Waals surface area contributed by atoms with E-state index < -0.39 is 8.24 Å². The summed E-state index contributed by atoms with van der Waals surface area (Å²) in [5.74, 6) is 0. The van der Waals surface area contributed by atoms with E-state index in [1.807, 2.05) is 0 Å². The predicted octanol–water partition coefficient (Wildman–Crippen LogP) is 2.39.